The number of rotatable bonds is 4. The van der Waals surface area contributed by atoms with Crippen molar-refractivity contribution in [2.45, 2.75) is 12.5 Å². The largest absolute Gasteiger partial charge is 0.388 e. The summed E-state index contributed by atoms with van der Waals surface area (Å²) in [5.41, 5.74) is 0.969. The topological polar surface area (TPSA) is 21.6 Å². The van der Waals surface area contributed by atoms with Gasteiger partial charge >= 0.3 is 0 Å². The third-order valence-electron chi connectivity index (χ3n) is 2.63. The van der Waals surface area contributed by atoms with E-state index in [-0.39, 0.29) is 6.42 Å². The average Bonchev–Trinajstić information content (AvgIpc) is 2.75. The lowest BCUT2D eigenvalue weighted by Crippen LogP contribution is -2.10. The van der Waals surface area contributed by atoms with E-state index in [2.05, 4.69) is 5.16 Å². The Morgan fingerprint density at radius 1 is 1.14 bits per heavy atom. The molecule has 1 aliphatic heterocycles. The molecule has 0 radical (unpaired) electrons. The van der Waals surface area contributed by atoms with Crippen LogP contribution in [0.1, 0.15) is 12.0 Å². The van der Waals surface area contributed by atoms with E-state index in [4.69, 9.17) is 4.84 Å². The molecule has 1 aromatic carbocycles. The summed E-state index contributed by atoms with van der Waals surface area (Å²) < 4.78 is 73.3. The standard InChI is InChI=1S/C12H11F6NOS/c13-10-5-3-9(4-6-10)12-8-11(20-19-12)2-1-7-21(14,15,16,17)18/h1-6,11H,7-8H2/b2-1+. The second kappa shape index (κ2) is 4.43. The maximum absolute atomic E-state index is 12.7. The first kappa shape index (κ1) is 15.7. The summed E-state index contributed by atoms with van der Waals surface area (Å²) in [5.74, 6) is -2.71. The molecule has 2 nitrogen and oxygen atoms in total. The van der Waals surface area contributed by atoms with E-state index in [1.165, 1.54) is 24.3 Å². The molecular weight excluding hydrogens is 320 g/mol. The third-order valence-corrected chi connectivity index (χ3v) is 3.45. The monoisotopic (exact) mass is 331 g/mol. The molecule has 118 valence electrons. The molecule has 0 bridgehead atoms. The molecule has 0 spiro atoms. The van der Waals surface area contributed by atoms with E-state index < -0.39 is 27.9 Å². The first-order valence-electron chi connectivity index (χ1n) is 5.80. The molecule has 0 aliphatic carbocycles. The Bertz CT molecular complexity index is 592. The molecule has 1 unspecified atom stereocenters. The van der Waals surface area contributed by atoms with Crippen molar-refractivity contribution in [3.63, 3.8) is 0 Å². The second-order valence-electron chi connectivity index (χ2n) is 4.62. The van der Waals surface area contributed by atoms with Crippen molar-refractivity contribution in [2.75, 3.05) is 5.75 Å². The van der Waals surface area contributed by atoms with Crippen LogP contribution >= 0.6 is 10.2 Å². The summed E-state index contributed by atoms with van der Waals surface area (Å²) in [6.07, 6.45) is 0.528. The van der Waals surface area contributed by atoms with Gasteiger partial charge in [-0.05, 0) is 23.8 Å². The molecule has 0 N–H and O–H groups in total. The molecule has 21 heavy (non-hydrogen) atoms. The zero-order chi connectivity index (χ0) is 15.8. The summed E-state index contributed by atoms with van der Waals surface area (Å²) in [5, 5.41) is 3.65. The zero-order valence-corrected chi connectivity index (χ0v) is 11.3. The first-order chi connectivity index (χ1) is 9.41. The summed E-state index contributed by atoms with van der Waals surface area (Å²) in [6.45, 7) is 0. The molecule has 9 heteroatoms. The molecule has 0 saturated heterocycles. The van der Waals surface area contributed by atoms with Crippen molar-refractivity contribution < 1.29 is 28.7 Å². The van der Waals surface area contributed by atoms with Crippen molar-refractivity contribution in [1.29, 1.82) is 0 Å². The van der Waals surface area contributed by atoms with Gasteiger partial charge in [0.05, 0.1) is 5.71 Å². The SMILES string of the molecule is Fc1ccc(C2=NOC(/C=C/CS(F)(F)(F)(F)F)C2)cc1. The number of nitrogens with zero attached hydrogens (tertiary/aromatic N) is 1. The molecule has 2 rings (SSSR count). The summed E-state index contributed by atoms with van der Waals surface area (Å²) >= 11 is 0. The quantitative estimate of drug-likeness (QED) is 0.551. The number of hydrogen-bond donors (Lipinski definition) is 0. The minimum Gasteiger partial charge on any atom is -0.388 e. The van der Waals surface area contributed by atoms with Crippen LogP contribution in [0.25, 0.3) is 0 Å². The minimum atomic E-state index is -9.43. The van der Waals surface area contributed by atoms with E-state index in [1.54, 1.807) is 0 Å². The van der Waals surface area contributed by atoms with Gasteiger partial charge in [0.25, 0.3) is 10.2 Å². The third kappa shape index (κ3) is 5.33. The number of halogens is 6. The van der Waals surface area contributed by atoms with Gasteiger partial charge in [-0.1, -0.05) is 42.8 Å². The lowest BCUT2D eigenvalue weighted by atomic mass is 10.0. The van der Waals surface area contributed by atoms with Crippen LogP contribution in [0.2, 0.25) is 0 Å². The molecular formula is C12H11F6NOS. The highest BCUT2D eigenvalue weighted by Crippen LogP contribution is 2.97. The highest BCUT2D eigenvalue weighted by Gasteiger charge is 2.62. The maximum Gasteiger partial charge on any atom is 0.288 e. The highest BCUT2D eigenvalue weighted by atomic mass is 32.5. The summed E-state index contributed by atoms with van der Waals surface area (Å²) in [4.78, 5) is 4.84. The first-order valence-corrected chi connectivity index (χ1v) is 7.92. The van der Waals surface area contributed by atoms with E-state index >= 15 is 0 Å². The Hall–Kier alpha value is -1.64. The van der Waals surface area contributed by atoms with Crippen LogP contribution in [0.3, 0.4) is 0 Å². The Morgan fingerprint density at radius 3 is 2.33 bits per heavy atom. The minimum absolute atomic E-state index is 0.127. The van der Waals surface area contributed by atoms with Crippen molar-refractivity contribution >= 4 is 15.9 Å². The predicted octanol–water partition coefficient (Wildman–Crippen LogP) is 5.17. The van der Waals surface area contributed by atoms with Gasteiger partial charge in [0.15, 0.2) is 6.10 Å². The second-order valence-corrected chi connectivity index (χ2v) is 7.21. The molecule has 0 amide bonds. The molecule has 1 aromatic rings. The van der Waals surface area contributed by atoms with Gasteiger partial charge in [-0.25, -0.2) is 4.39 Å². The smallest absolute Gasteiger partial charge is 0.288 e. The lowest BCUT2D eigenvalue weighted by Gasteiger charge is -2.39. The van der Waals surface area contributed by atoms with Crippen LogP contribution in [0.15, 0.2) is 41.6 Å². The Morgan fingerprint density at radius 2 is 1.76 bits per heavy atom. The summed E-state index contributed by atoms with van der Waals surface area (Å²) in [7, 11) is -9.43. The maximum atomic E-state index is 12.7. The summed E-state index contributed by atoms with van der Waals surface area (Å²) in [6, 6.07) is 5.29. The normalized spacial score (nSPS) is 22.6. The van der Waals surface area contributed by atoms with Crippen LogP contribution < -0.4 is 0 Å². The highest BCUT2D eigenvalue weighted by molar-refractivity contribution is 8.45. The molecule has 1 aliphatic rings. The zero-order valence-electron chi connectivity index (χ0n) is 10.5. The Kier molecular flexibility index (Phi) is 3.32. The van der Waals surface area contributed by atoms with Crippen LogP contribution in [0, 0.1) is 5.82 Å². The van der Waals surface area contributed by atoms with Crippen molar-refractivity contribution in [3.05, 3.63) is 47.8 Å². The van der Waals surface area contributed by atoms with Gasteiger partial charge in [-0.3, -0.25) is 0 Å². The van der Waals surface area contributed by atoms with E-state index in [1.807, 2.05) is 0 Å². The molecule has 0 aromatic heterocycles. The Balaban J connectivity index is 1.95. The van der Waals surface area contributed by atoms with E-state index in [9.17, 15) is 23.8 Å². The number of benzene rings is 1. The van der Waals surface area contributed by atoms with E-state index in [0.29, 0.717) is 17.4 Å². The van der Waals surface area contributed by atoms with Crippen LogP contribution in [-0.4, -0.2) is 17.6 Å². The predicted molar refractivity (Wildman–Crippen MR) is 69.6 cm³/mol. The number of hydrogen-bond acceptors (Lipinski definition) is 2. The van der Waals surface area contributed by atoms with Gasteiger partial charge in [0.2, 0.25) is 0 Å². The van der Waals surface area contributed by atoms with Gasteiger partial charge in [-0.2, -0.15) is 0 Å². The molecule has 1 atom stereocenters. The molecule has 0 fully saturated rings. The van der Waals surface area contributed by atoms with Gasteiger partial charge < -0.3 is 4.84 Å². The fourth-order valence-electron chi connectivity index (χ4n) is 1.70. The fraction of sp³-hybridized carbons (Fsp3) is 0.250. The van der Waals surface area contributed by atoms with Gasteiger partial charge in [0.1, 0.15) is 11.6 Å². The van der Waals surface area contributed by atoms with Crippen molar-refractivity contribution in [1.82, 2.24) is 0 Å². The van der Waals surface area contributed by atoms with Crippen molar-refractivity contribution in [3.8, 4) is 0 Å². The van der Waals surface area contributed by atoms with Crippen LogP contribution in [0.5, 0.6) is 0 Å². The molecule has 1 heterocycles. The van der Waals surface area contributed by atoms with Gasteiger partial charge in [0, 0.05) is 6.42 Å². The molecule has 0 saturated carbocycles. The average molecular weight is 331 g/mol. The van der Waals surface area contributed by atoms with Crippen molar-refractivity contribution in [2.24, 2.45) is 5.16 Å². The number of oxime groups is 1. The van der Waals surface area contributed by atoms with Gasteiger partial charge in [-0.15, -0.1) is 0 Å². The Labute approximate surface area is 116 Å². The van der Waals surface area contributed by atoms with Crippen LogP contribution in [0.4, 0.5) is 23.8 Å². The van der Waals surface area contributed by atoms with Crippen LogP contribution in [-0.2, 0) is 4.84 Å². The fourth-order valence-corrected chi connectivity index (χ4v) is 2.18. The lowest BCUT2D eigenvalue weighted by molar-refractivity contribution is 0.120. The van der Waals surface area contributed by atoms with E-state index in [0.717, 1.165) is 6.08 Å².